The van der Waals surface area contributed by atoms with E-state index in [0.717, 1.165) is 31.6 Å². The van der Waals surface area contributed by atoms with Gasteiger partial charge in [-0.3, -0.25) is 10.1 Å². The molecule has 0 unspecified atom stereocenters. The quantitative estimate of drug-likeness (QED) is 0.471. The minimum Gasteiger partial charge on any atom is -0.401 e. The molecule has 0 radical (unpaired) electrons. The second-order valence-corrected chi connectivity index (χ2v) is 7.34. The molecule has 0 amide bonds. The average molecular weight is 426 g/mol. The first-order chi connectivity index (χ1) is 14.9. The van der Waals surface area contributed by atoms with Gasteiger partial charge in [0.2, 0.25) is 0 Å². The van der Waals surface area contributed by atoms with E-state index in [-0.39, 0.29) is 11.7 Å². The number of rotatable bonds is 6. The van der Waals surface area contributed by atoms with Crippen LogP contribution >= 0.6 is 0 Å². The summed E-state index contributed by atoms with van der Waals surface area (Å²) in [6, 6.07) is 6.00. The van der Waals surface area contributed by atoms with Gasteiger partial charge in [0, 0.05) is 44.2 Å². The molecule has 1 aliphatic rings. The fraction of sp³-hybridized carbons (Fsp3) is 0.333. The lowest BCUT2D eigenvalue weighted by molar-refractivity contribution is -0.402. The van der Waals surface area contributed by atoms with Crippen molar-refractivity contribution in [3.8, 4) is 0 Å². The van der Waals surface area contributed by atoms with Gasteiger partial charge < -0.3 is 19.5 Å². The van der Waals surface area contributed by atoms with E-state index in [4.69, 9.17) is 4.42 Å². The summed E-state index contributed by atoms with van der Waals surface area (Å²) in [5.74, 6) is 0.583. The third kappa shape index (κ3) is 4.48. The molecule has 31 heavy (non-hydrogen) atoms. The molecule has 0 spiro atoms. The summed E-state index contributed by atoms with van der Waals surface area (Å²) in [7, 11) is 2.06. The first-order valence-electron chi connectivity index (χ1n) is 10.1. The van der Waals surface area contributed by atoms with E-state index in [1.807, 2.05) is 11.8 Å². The summed E-state index contributed by atoms with van der Waals surface area (Å²) in [6.07, 6.45) is 3.12. The highest BCUT2D eigenvalue weighted by molar-refractivity contribution is 5.93. The fourth-order valence-corrected chi connectivity index (χ4v) is 3.51. The number of hydrogen-bond acceptors (Lipinski definition) is 8. The van der Waals surface area contributed by atoms with Crippen LogP contribution in [0.2, 0.25) is 0 Å². The predicted molar refractivity (Wildman–Crippen MR) is 118 cm³/mol. The van der Waals surface area contributed by atoms with Crippen LogP contribution in [0.25, 0.3) is 23.1 Å². The highest BCUT2D eigenvalue weighted by Gasteiger charge is 2.20. The molecule has 0 bridgehead atoms. The van der Waals surface area contributed by atoms with Crippen LogP contribution in [-0.2, 0) is 0 Å². The number of benzene rings is 1. The Balaban J connectivity index is 1.69. The van der Waals surface area contributed by atoms with E-state index in [0.29, 0.717) is 35.2 Å². The Hall–Kier alpha value is -3.53. The third-order valence-corrected chi connectivity index (χ3v) is 5.16. The van der Waals surface area contributed by atoms with Crippen LogP contribution < -0.4 is 10.2 Å². The Labute approximate surface area is 178 Å². The SMILES string of the molecule is CCNc1nc(C=Cc2ccc([N+](=O)[O-])o2)nc2cc(F)c(N3CCN(C)CC3)cc12. The molecule has 0 aliphatic carbocycles. The lowest BCUT2D eigenvalue weighted by Gasteiger charge is -2.34. The van der Waals surface area contributed by atoms with Gasteiger partial charge in [0.25, 0.3) is 0 Å². The standard InChI is InChI=1S/C21H23FN6O3/c1-3-23-21-15-12-18(27-10-8-26(2)9-11-27)16(22)13-17(15)24-19(25-21)6-4-14-5-7-20(31-14)28(29)30/h4-7,12-13H,3,8-11H2,1-2H3,(H,23,24,25). The lowest BCUT2D eigenvalue weighted by Crippen LogP contribution is -2.44. The van der Waals surface area contributed by atoms with Crippen molar-refractivity contribution in [3.05, 3.63) is 51.8 Å². The minimum absolute atomic E-state index is 0.303. The Kier molecular flexibility index (Phi) is 5.81. The molecular formula is C21H23FN6O3. The smallest absolute Gasteiger partial charge is 0.401 e. The number of hydrogen-bond donors (Lipinski definition) is 1. The molecule has 3 aromatic rings. The van der Waals surface area contributed by atoms with Gasteiger partial charge in [0.05, 0.1) is 17.3 Å². The molecule has 10 heteroatoms. The molecule has 0 atom stereocenters. The number of nitro groups is 1. The van der Waals surface area contributed by atoms with Crippen LogP contribution in [0.4, 0.5) is 21.8 Å². The van der Waals surface area contributed by atoms with Crippen molar-refractivity contribution in [1.82, 2.24) is 14.9 Å². The van der Waals surface area contributed by atoms with Gasteiger partial charge in [0.15, 0.2) is 5.82 Å². The van der Waals surface area contributed by atoms with E-state index in [9.17, 15) is 14.5 Å². The van der Waals surface area contributed by atoms with Gasteiger partial charge in [-0.05, 0) is 38.3 Å². The molecule has 2 aromatic heterocycles. The summed E-state index contributed by atoms with van der Waals surface area (Å²) >= 11 is 0. The number of likely N-dealkylation sites (N-methyl/N-ethyl adjacent to an activating group) is 1. The third-order valence-electron chi connectivity index (χ3n) is 5.16. The minimum atomic E-state index is -0.603. The number of nitrogens with zero attached hydrogens (tertiary/aromatic N) is 5. The highest BCUT2D eigenvalue weighted by atomic mass is 19.1. The summed E-state index contributed by atoms with van der Waals surface area (Å²) in [4.78, 5) is 23.4. The molecule has 1 N–H and O–H groups in total. The number of furan rings is 1. The number of aromatic nitrogens is 2. The zero-order chi connectivity index (χ0) is 22.0. The maximum Gasteiger partial charge on any atom is 0.433 e. The van der Waals surface area contributed by atoms with Crippen LogP contribution in [0.15, 0.2) is 28.7 Å². The summed E-state index contributed by atoms with van der Waals surface area (Å²) in [6.45, 7) is 5.86. The normalized spacial score (nSPS) is 15.1. The molecule has 9 nitrogen and oxygen atoms in total. The van der Waals surface area contributed by atoms with Gasteiger partial charge in [-0.2, -0.15) is 0 Å². The summed E-state index contributed by atoms with van der Waals surface area (Å²) < 4.78 is 20.1. The molecular weight excluding hydrogens is 403 g/mol. The van der Waals surface area contributed by atoms with Crippen molar-refractivity contribution in [2.45, 2.75) is 6.92 Å². The van der Waals surface area contributed by atoms with Crippen molar-refractivity contribution < 1.29 is 13.7 Å². The van der Waals surface area contributed by atoms with Crippen LogP contribution in [0.5, 0.6) is 0 Å². The maximum absolute atomic E-state index is 14.9. The maximum atomic E-state index is 14.9. The van der Waals surface area contributed by atoms with Gasteiger partial charge in [0.1, 0.15) is 22.3 Å². The number of fused-ring (bicyclic) bond motifs is 1. The Bertz CT molecular complexity index is 1140. The van der Waals surface area contributed by atoms with Gasteiger partial charge in [-0.25, -0.2) is 14.4 Å². The molecule has 3 heterocycles. The van der Waals surface area contributed by atoms with Gasteiger partial charge in [-0.1, -0.05) is 0 Å². The summed E-state index contributed by atoms with van der Waals surface area (Å²) in [5.41, 5.74) is 1.03. The summed E-state index contributed by atoms with van der Waals surface area (Å²) in [5, 5.41) is 14.7. The molecule has 1 fully saturated rings. The Morgan fingerprint density at radius 2 is 2.00 bits per heavy atom. The highest BCUT2D eigenvalue weighted by Crippen LogP contribution is 2.30. The predicted octanol–water partition coefficient (Wildman–Crippen LogP) is 3.62. The Morgan fingerprint density at radius 1 is 1.23 bits per heavy atom. The second kappa shape index (κ2) is 8.68. The van der Waals surface area contributed by atoms with Crippen molar-refractivity contribution in [2.24, 2.45) is 0 Å². The average Bonchev–Trinajstić information content (AvgIpc) is 3.22. The van der Waals surface area contributed by atoms with Gasteiger partial charge >= 0.3 is 5.88 Å². The van der Waals surface area contributed by atoms with Crippen molar-refractivity contribution >= 4 is 40.4 Å². The zero-order valence-electron chi connectivity index (χ0n) is 17.3. The topological polar surface area (TPSA) is 101 Å². The van der Waals surface area contributed by atoms with E-state index in [2.05, 4.69) is 27.2 Å². The molecule has 4 rings (SSSR count). The molecule has 1 aliphatic heterocycles. The molecule has 1 saturated heterocycles. The van der Waals surface area contributed by atoms with E-state index < -0.39 is 4.92 Å². The molecule has 1 aromatic carbocycles. The monoisotopic (exact) mass is 426 g/mol. The van der Waals surface area contributed by atoms with E-state index >= 15 is 0 Å². The van der Waals surface area contributed by atoms with E-state index in [1.54, 1.807) is 18.2 Å². The molecule has 0 saturated carbocycles. The largest absolute Gasteiger partial charge is 0.433 e. The first-order valence-corrected chi connectivity index (χ1v) is 10.1. The first kappa shape index (κ1) is 20.7. The zero-order valence-corrected chi connectivity index (χ0v) is 17.3. The number of anilines is 2. The number of nitrogens with one attached hydrogen (secondary N) is 1. The van der Waals surface area contributed by atoms with Crippen LogP contribution in [0.3, 0.4) is 0 Å². The molecule has 162 valence electrons. The van der Waals surface area contributed by atoms with Crippen LogP contribution in [0, 0.1) is 15.9 Å². The number of piperazine rings is 1. The van der Waals surface area contributed by atoms with Crippen molar-refractivity contribution in [3.63, 3.8) is 0 Å². The number of halogens is 1. The lowest BCUT2D eigenvalue weighted by atomic mass is 10.1. The Morgan fingerprint density at radius 3 is 2.68 bits per heavy atom. The fourth-order valence-electron chi connectivity index (χ4n) is 3.51. The van der Waals surface area contributed by atoms with E-state index in [1.165, 1.54) is 18.2 Å². The second-order valence-electron chi connectivity index (χ2n) is 7.34. The van der Waals surface area contributed by atoms with Crippen molar-refractivity contribution in [1.29, 1.82) is 0 Å². The van der Waals surface area contributed by atoms with Crippen LogP contribution in [0.1, 0.15) is 18.5 Å². The van der Waals surface area contributed by atoms with Gasteiger partial charge in [-0.15, -0.1) is 0 Å². The van der Waals surface area contributed by atoms with Crippen LogP contribution in [-0.4, -0.2) is 59.6 Å². The van der Waals surface area contributed by atoms with Crippen molar-refractivity contribution in [2.75, 3.05) is 50.0 Å².